The van der Waals surface area contributed by atoms with Crippen molar-refractivity contribution in [3.8, 4) is 0 Å². The van der Waals surface area contributed by atoms with Crippen molar-refractivity contribution in [1.29, 1.82) is 0 Å². The molecule has 0 unspecified atom stereocenters. The van der Waals surface area contributed by atoms with Gasteiger partial charge in [0.1, 0.15) is 6.10 Å². The zero-order chi connectivity index (χ0) is 14.0. The lowest BCUT2D eigenvalue weighted by Gasteiger charge is -2.18. The minimum absolute atomic E-state index is 0.108. The summed E-state index contributed by atoms with van der Waals surface area (Å²) in [5.74, 6) is -1.44. The Morgan fingerprint density at radius 3 is 2.89 bits per heavy atom. The van der Waals surface area contributed by atoms with Crippen LogP contribution in [0.5, 0.6) is 0 Å². The minimum Gasteiger partial charge on any atom is -0.478 e. The Kier molecular flexibility index (Phi) is 3.88. The Balaban J connectivity index is 2.29. The van der Waals surface area contributed by atoms with Crippen molar-refractivity contribution in [2.75, 3.05) is 0 Å². The van der Waals surface area contributed by atoms with Gasteiger partial charge < -0.3 is 9.84 Å². The number of hydrogen-bond donors (Lipinski definition) is 1. The molecule has 0 amide bonds. The van der Waals surface area contributed by atoms with Crippen LogP contribution >= 0.6 is 0 Å². The fourth-order valence-electron chi connectivity index (χ4n) is 2.53. The van der Waals surface area contributed by atoms with Gasteiger partial charge in [-0.2, -0.15) is 0 Å². The molecule has 0 aromatic carbocycles. The topological polar surface area (TPSA) is 63.6 Å². The van der Waals surface area contributed by atoms with Crippen molar-refractivity contribution in [2.24, 2.45) is 5.92 Å². The zero-order valence-corrected chi connectivity index (χ0v) is 11.0. The van der Waals surface area contributed by atoms with E-state index in [9.17, 15) is 14.7 Å². The fraction of sp³-hybridized carbons (Fsp3) is 0.467. The number of carbonyl (C=O) groups is 2. The number of ether oxygens (including phenoxy) is 1. The molecule has 1 aliphatic heterocycles. The third kappa shape index (κ3) is 2.95. The smallest absolute Gasteiger partial charge is 0.334 e. The Morgan fingerprint density at radius 1 is 1.47 bits per heavy atom. The van der Waals surface area contributed by atoms with Crippen molar-refractivity contribution >= 4 is 11.9 Å². The van der Waals surface area contributed by atoms with E-state index < -0.39 is 18.0 Å². The number of hydrogen-bond acceptors (Lipinski definition) is 3. The normalized spacial score (nSPS) is 33.5. The van der Waals surface area contributed by atoms with Crippen LogP contribution < -0.4 is 0 Å². The molecule has 0 saturated carbocycles. The zero-order valence-electron chi connectivity index (χ0n) is 11.0. The van der Waals surface area contributed by atoms with Gasteiger partial charge in [-0.1, -0.05) is 24.3 Å². The first-order valence-electron chi connectivity index (χ1n) is 6.46. The van der Waals surface area contributed by atoms with Gasteiger partial charge >= 0.3 is 11.9 Å². The van der Waals surface area contributed by atoms with Gasteiger partial charge in [0.15, 0.2) is 0 Å². The van der Waals surface area contributed by atoms with E-state index in [2.05, 4.69) is 12.7 Å². The van der Waals surface area contributed by atoms with Gasteiger partial charge in [0, 0.05) is 23.5 Å². The summed E-state index contributed by atoms with van der Waals surface area (Å²) in [4.78, 5) is 22.8. The molecule has 2 atom stereocenters. The number of rotatable bonds is 1. The highest BCUT2D eigenvalue weighted by Gasteiger charge is 2.38. The third-order valence-electron chi connectivity index (χ3n) is 3.76. The van der Waals surface area contributed by atoms with Crippen LogP contribution in [0.2, 0.25) is 0 Å². The summed E-state index contributed by atoms with van der Waals surface area (Å²) < 4.78 is 5.25. The second-order valence-electron chi connectivity index (χ2n) is 5.14. The molecule has 4 heteroatoms. The molecule has 0 spiro atoms. The van der Waals surface area contributed by atoms with Crippen molar-refractivity contribution in [3.05, 3.63) is 35.5 Å². The molecular weight excluding hydrogens is 244 g/mol. The molecule has 0 aromatic rings. The summed E-state index contributed by atoms with van der Waals surface area (Å²) >= 11 is 0. The number of allylic oxidation sites excluding steroid dienone is 3. The van der Waals surface area contributed by atoms with E-state index in [-0.39, 0.29) is 12.3 Å². The summed E-state index contributed by atoms with van der Waals surface area (Å²) in [7, 11) is 0. The van der Waals surface area contributed by atoms with Crippen LogP contribution in [-0.2, 0) is 14.3 Å². The van der Waals surface area contributed by atoms with Crippen LogP contribution in [0.15, 0.2) is 35.5 Å². The first kappa shape index (κ1) is 13.6. The summed E-state index contributed by atoms with van der Waals surface area (Å²) in [6.07, 6.45) is 5.93. The summed E-state index contributed by atoms with van der Waals surface area (Å²) in [5.41, 5.74) is 1.99. The second-order valence-corrected chi connectivity index (χ2v) is 5.14. The van der Waals surface area contributed by atoms with E-state index in [4.69, 9.17) is 4.74 Å². The van der Waals surface area contributed by atoms with E-state index in [1.165, 1.54) is 5.57 Å². The van der Waals surface area contributed by atoms with Gasteiger partial charge in [-0.3, -0.25) is 0 Å². The molecule has 1 fully saturated rings. The predicted molar refractivity (Wildman–Crippen MR) is 70.5 cm³/mol. The molecule has 4 nitrogen and oxygen atoms in total. The van der Waals surface area contributed by atoms with Crippen molar-refractivity contribution in [3.63, 3.8) is 0 Å². The number of aliphatic carboxylic acids is 1. The van der Waals surface area contributed by atoms with Crippen LogP contribution in [0.1, 0.15) is 32.6 Å². The summed E-state index contributed by atoms with van der Waals surface area (Å²) in [5, 5.41) is 9.19. The first-order chi connectivity index (χ1) is 8.99. The largest absolute Gasteiger partial charge is 0.478 e. The van der Waals surface area contributed by atoms with Gasteiger partial charge in [-0.15, -0.1) is 0 Å². The fourth-order valence-corrected chi connectivity index (χ4v) is 2.53. The molecule has 0 radical (unpaired) electrons. The molecule has 1 heterocycles. The van der Waals surface area contributed by atoms with Gasteiger partial charge in [0.2, 0.25) is 0 Å². The Hall–Kier alpha value is -1.84. The van der Waals surface area contributed by atoms with Crippen LogP contribution in [0.3, 0.4) is 0 Å². The molecule has 19 heavy (non-hydrogen) atoms. The van der Waals surface area contributed by atoms with Gasteiger partial charge in [-0.25, -0.2) is 9.59 Å². The van der Waals surface area contributed by atoms with Crippen LogP contribution in [0.4, 0.5) is 0 Å². The highest BCUT2D eigenvalue weighted by molar-refractivity contribution is 5.91. The van der Waals surface area contributed by atoms with Crippen molar-refractivity contribution in [1.82, 2.24) is 0 Å². The average molecular weight is 262 g/mol. The quantitative estimate of drug-likeness (QED) is 0.448. The Labute approximate surface area is 112 Å². The van der Waals surface area contributed by atoms with Crippen LogP contribution in [0, 0.1) is 5.92 Å². The number of carbonyl (C=O) groups excluding carboxylic acids is 1. The number of carboxylic acids is 1. The first-order valence-corrected chi connectivity index (χ1v) is 6.46. The maximum atomic E-state index is 11.6. The second kappa shape index (κ2) is 5.43. The molecule has 1 N–H and O–H groups in total. The minimum atomic E-state index is -0.936. The van der Waals surface area contributed by atoms with Crippen molar-refractivity contribution in [2.45, 2.75) is 38.7 Å². The van der Waals surface area contributed by atoms with E-state index >= 15 is 0 Å². The lowest BCUT2D eigenvalue weighted by molar-refractivity contribution is -0.140. The Morgan fingerprint density at radius 2 is 2.21 bits per heavy atom. The molecule has 1 aliphatic carbocycles. The maximum absolute atomic E-state index is 11.6. The molecule has 0 bridgehead atoms. The standard InChI is InChI=1S/C15H18O4/c1-9-4-3-5-11(14(16)17)8-13-12(7-6-9)10(2)15(18)19-13/h5-6,12-13H,2-4,7-8H2,1H3,(H,16,17)/b9-6+,11-5-/t12-,13-/m1/s1. The SMILES string of the molecule is C=C1C(=O)O[C@@H]2C/C(C(=O)O)=C/CC/C(C)=C/C[C@H]12. The lowest BCUT2D eigenvalue weighted by atomic mass is 9.87. The van der Waals surface area contributed by atoms with Gasteiger partial charge in [-0.05, 0) is 26.2 Å². The summed E-state index contributed by atoms with van der Waals surface area (Å²) in [6.45, 7) is 5.79. The van der Waals surface area contributed by atoms with E-state index in [1.54, 1.807) is 6.08 Å². The summed E-state index contributed by atoms with van der Waals surface area (Å²) in [6, 6.07) is 0. The van der Waals surface area contributed by atoms with Gasteiger partial charge in [0.05, 0.1) is 0 Å². The maximum Gasteiger partial charge on any atom is 0.334 e. The van der Waals surface area contributed by atoms with Gasteiger partial charge in [0.25, 0.3) is 0 Å². The molecule has 102 valence electrons. The predicted octanol–water partition coefficient (Wildman–Crippen LogP) is 2.62. The molecule has 0 aromatic heterocycles. The lowest BCUT2D eigenvalue weighted by Crippen LogP contribution is -2.20. The molecule has 2 aliphatic rings. The number of esters is 1. The van der Waals surface area contributed by atoms with Crippen molar-refractivity contribution < 1.29 is 19.4 Å². The number of carboxylic acid groups (broad SMARTS) is 1. The highest BCUT2D eigenvalue weighted by atomic mass is 16.6. The van der Waals surface area contributed by atoms with E-state index in [1.807, 2.05) is 6.92 Å². The monoisotopic (exact) mass is 262 g/mol. The average Bonchev–Trinajstić information content (AvgIpc) is 2.61. The third-order valence-corrected chi connectivity index (χ3v) is 3.76. The highest BCUT2D eigenvalue weighted by Crippen LogP contribution is 2.34. The number of fused-ring (bicyclic) bond motifs is 1. The van der Waals surface area contributed by atoms with E-state index in [0.29, 0.717) is 24.0 Å². The molecule has 2 rings (SSSR count). The molecule has 1 saturated heterocycles. The van der Waals surface area contributed by atoms with Crippen LogP contribution in [-0.4, -0.2) is 23.1 Å². The Bertz CT molecular complexity index is 484. The molecular formula is C15H18O4. The van der Waals surface area contributed by atoms with E-state index in [0.717, 1.165) is 6.42 Å². The van der Waals surface area contributed by atoms with Crippen LogP contribution in [0.25, 0.3) is 0 Å².